The van der Waals surface area contributed by atoms with Gasteiger partial charge in [0, 0.05) is 16.6 Å². The number of carbonyl (C=O) groups excluding carboxylic acids is 3. The highest BCUT2D eigenvalue weighted by Gasteiger charge is 2.44. The zero-order chi connectivity index (χ0) is 26.4. The number of methoxy groups -OCH3 is 1. The van der Waals surface area contributed by atoms with E-state index in [2.05, 4.69) is 16.7 Å². The Balaban J connectivity index is 1.93. The maximum Gasteiger partial charge on any atom is 0.319 e. The fraction of sp³-hybridized carbons (Fsp3) is 0.280. The predicted molar refractivity (Wildman–Crippen MR) is 139 cm³/mol. The van der Waals surface area contributed by atoms with E-state index in [4.69, 9.17) is 32.7 Å². The molecule has 2 atom stereocenters. The van der Waals surface area contributed by atoms with Crippen molar-refractivity contribution in [3.05, 3.63) is 68.2 Å². The molecule has 0 unspecified atom stereocenters. The molecule has 2 aromatic rings. The number of carbonyl (C=O) groups is 3. The number of nitriles is 1. The van der Waals surface area contributed by atoms with Gasteiger partial charge in [-0.2, -0.15) is 5.26 Å². The molecular formula is C25H23Cl2N3O5S. The maximum atomic E-state index is 13.0. The molecule has 0 aromatic heterocycles. The van der Waals surface area contributed by atoms with Crippen LogP contribution in [0.1, 0.15) is 24.0 Å². The molecule has 36 heavy (non-hydrogen) atoms. The number of nitrogens with one attached hydrogen (secondary N) is 2. The van der Waals surface area contributed by atoms with Gasteiger partial charge in [-0.1, -0.05) is 47.1 Å². The first-order valence-electron chi connectivity index (χ1n) is 10.8. The highest BCUT2D eigenvalue weighted by molar-refractivity contribution is 8.03. The zero-order valence-electron chi connectivity index (χ0n) is 19.7. The number of halogens is 2. The van der Waals surface area contributed by atoms with Gasteiger partial charge in [0.05, 0.1) is 41.2 Å². The number of aryl methyl sites for hydroxylation is 1. The first-order valence-corrected chi connectivity index (χ1v) is 12.6. The number of nitrogens with zero attached hydrogens (tertiary/aromatic N) is 1. The Kier molecular flexibility index (Phi) is 9.26. The third kappa shape index (κ3) is 6.13. The van der Waals surface area contributed by atoms with E-state index in [1.165, 1.54) is 7.11 Å². The van der Waals surface area contributed by atoms with Crippen molar-refractivity contribution in [2.75, 3.05) is 24.8 Å². The lowest BCUT2D eigenvalue weighted by Crippen LogP contribution is -2.44. The summed E-state index contributed by atoms with van der Waals surface area (Å²) in [6, 6.07) is 12.0. The number of amides is 2. The maximum absolute atomic E-state index is 13.0. The Morgan fingerprint density at radius 3 is 2.61 bits per heavy atom. The molecule has 2 N–H and O–H groups in total. The summed E-state index contributed by atoms with van der Waals surface area (Å²) in [6.07, 6.45) is 0. The predicted octanol–water partition coefficient (Wildman–Crippen LogP) is 4.81. The number of anilines is 1. The minimum Gasteiger partial charge on any atom is -0.492 e. The zero-order valence-corrected chi connectivity index (χ0v) is 22.0. The van der Waals surface area contributed by atoms with Crippen molar-refractivity contribution in [1.82, 2.24) is 5.32 Å². The van der Waals surface area contributed by atoms with E-state index < -0.39 is 23.7 Å². The first kappa shape index (κ1) is 27.4. The van der Waals surface area contributed by atoms with Crippen LogP contribution in [0, 0.1) is 24.2 Å². The van der Waals surface area contributed by atoms with Crippen LogP contribution >= 0.6 is 35.0 Å². The molecule has 1 aliphatic rings. The average Bonchev–Trinajstić information content (AvgIpc) is 2.85. The Morgan fingerprint density at radius 1 is 1.22 bits per heavy atom. The van der Waals surface area contributed by atoms with Crippen LogP contribution < -0.4 is 15.4 Å². The Hall–Kier alpha value is -3.19. The summed E-state index contributed by atoms with van der Waals surface area (Å²) in [5.74, 6) is -3.76. The molecule has 1 heterocycles. The van der Waals surface area contributed by atoms with Crippen LogP contribution in [0.2, 0.25) is 10.0 Å². The number of esters is 1. The molecule has 11 heteroatoms. The van der Waals surface area contributed by atoms with Gasteiger partial charge < -0.3 is 20.1 Å². The summed E-state index contributed by atoms with van der Waals surface area (Å²) in [4.78, 5) is 38.1. The number of thioether (sulfide) groups is 1. The summed E-state index contributed by atoms with van der Waals surface area (Å²) in [5.41, 5.74) is 1.96. The van der Waals surface area contributed by atoms with Gasteiger partial charge in [-0.25, -0.2) is 0 Å². The van der Waals surface area contributed by atoms with Crippen LogP contribution in [0.15, 0.2) is 47.0 Å². The standard InChI is InChI=1S/C25H23Cl2N3O5S/c1-4-35-19-8-6-14(9-17(19)27)21-16(11-28)24(30-23(32)22(21)25(33)34-3)36-12-20(31)29-18-10-15(26)7-5-13(18)2/h5-10,21-22H,4,12H2,1-3H3,(H,29,31)(H,30,32)/t21-,22-/m1/s1. The van der Waals surface area contributed by atoms with Crippen molar-refractivity contribution in [2.24, 2.45) is 5.92 Å². The molecule has 8 nitrogen and oxygen atoms in total. The van der Waals surface area contributed by atoms with Crippen molar-refractivity contribution >= 4 is 58.4 Å². The highest BCUT2D eigenvalue weighted by Crippen LogP contribution is 2.42. The second-order valence-electron chi connectivity index (χ2n) is 7.74. The fourth-order valence-electron chi connectivity index (χ4n) is 3.72. The van der Waals surface area contributed by atoms with Gasteiger partial charge in [0.1, 0.15) is 11.7 Å². The van der Waals surface area contributed by atoms with E-state index in [-0.39, 0.29) is 27.3 Å². The number of allylic oxidation sites excluding steroid dienone is 1. The summed E-state index contributed by atoms with van der Waals surface area (Å²) in [6.45, 7) is 4.04. The quantitative estimate of drug-likeness (QED) is 0.359. The summed E-state index contributed by atoms with van der Waals surface area (Å²) in [5, 5.41) is 16.3. The second kappa shape index (κ2) is 12.2. The number of benzene rings is 2. The van der Waals surface area contributed by atoms with E-state index in [1.54, 1.807) is 36.4 Å². The minimum absolute atomic E-state index is 0.105. The average molecular weight is 548 g/mol. The van der Waals surface area contributed by atoms with Crippen molar-refractivity contribution < 1.29 is 23.9 Å². The molecule has 0 spiro atoms. The van der Waals surface area contributed by atoms with Gasteiger partial charge in [-0.15, -0.1) is 0 Å². The van der Waals surface area contributed by atoms with Gasteiger partial charge in [-0.3, -0.25) is 14.4 Å². The van der Waals surface area contributed by atoms with Crippen LogP contribution in [0.3, 0.4) is 0 Å². The number of rotatable bonds is 8. The van der Waals surface area contributed by atoms with Gasteiger partial charge in [0.25, 0.3) is 0 Å². The Labute approximate surface area is 222 Å². The molecule has 1 aliphatic heterocycles. The SMILES string of the molecule is CCOc1ccc([C@@H]2C(C#N)=C(SCC(=O)Nc3cc(Cl)ccc3C)NC(=O)[C@@H]2C(=O)OC)cc1Cl. The summed E-state index contributed by atoms with van der Waals surface area (Å²) in [7, 11) is 1.17. The first-order chi connectivity index (χ1) is 17.2. The van der Waals surface area contributed by atoms with Crippen LogP contribution in [-0.4, -0.2) is 37.3 Å². The topological polar surface area (TPSA) is 118 Å². The highest BCUT2D eigenvalue weighted by atomic mass is 35.5. The monoisotopic (exact) mass is 547 g/mol. The lowest BCUT2D eigenvalue weighted by atomic mass is 9.78. The van der Waals surface area contributed by atoms with Crippen LogP contribution in [0.4, 0.5) is 5.69 Å². The van der Waals surface area contributed by atoms with Crippen molar-refractivity contribution in [3.63, 3.8) is 0 Å². The molecule has 0 bridgehead atoms. The van der Waals surface area contributed by atoms with E-state index in [0.717, 1.165) is 17.3 Å². The normalized spacial score (nSPS) is 17.2. The van der Waals surface area contributed by atoms with Gasteiger partial charge in [0.2, 0.25) is 11.8 Å². The summed E-state index contributed by atoms with van der Waals surface area (Å²) < 4.78 is 10.3. The molecule has 0 fully saturated rings. The van der Waals surface area contributed by atoms with Crippen molar-refractivity contribution in [1.29, 1.82) is 5.26 Å². The Bertz CT molecular complexity index is 1270. The number of hydrogen-bond donors (Lipinski definition) is 2. The molecule has 0 aliphatic carbocycles. The lowest BCUT2D eigenvalue weighted by Gasteiger charge is -2.31. The molecular weight excluding hydrogens is 525 g/mol. The van der Waals surface area contributed by atoms with Gasteiger partial charge in [0.15, 0.2) is 0 Å². The molecule has 0 radical (unpaired) electrons. The molecule has 2 aromatic carbocycles. The second-order valence-corrected chi connectivity index (χ2v) is 9.57. The third-order valence-electron chi connectivity index (χ3n) is 5.42. The number of hydrogen-bond acceptors (Lipinski definition) is 7. The molecule has 0 saturated heterocycles. The van der Waals surface area contributed by atoms with Crippen molar-refractivity contribution in [2.45, 2.75) is 19.8 Å². The van der Waals surface area contributed by atoms with Crippen LogP contribution in [-0.2, 0) is 19.1 Å². The van der Waals surface area contributed by atoms with E-state index in [9.17, 15) is 19.6 Å². The Morgan fingerprint density at radius 2 is 1.97 bits per heavy atom. The molecule has 188 valence electrons. The van der Waals surface area contributed by atoms with Crippen molar-refractivity contribution in [3.8, 4) is 11.8 Å². The smallest absolute Gasteiger partial charge is 0.319 e. The van der Waals surface area contributed by atoms with E-state index >= 15 is 0 Å². The lowest BCUT2D eigenvalue weighted by molar-refractivity contribution is -0.150. The molecule has 3 rings (SSSR count). The molecule has 0 saturated carbocycles. The number of ether oxygens (including phenoxy) is 2. The molecule has 2 amide bonds. The van der Waals surface area contributed by atoms with Crippen LogP contribution in [0.25, 0.3) is 0 Å². The minimum atomic E-state index is -1.31. The fourth-order valence-corrected chi connectivity index (χ4v) is 4.98. The van der Waals surface area contributed by atoms with E-state index in [1.807, 2.05) is 13.8 Å². The third-order valence-corrected chi connectivity index (χ3v) is 6.97. The largest absolute Gasteiger partial charge is 0.492 e. The van der Waals surface area contributed by atoms with Crippen LogP contribution in [0.5, 0.6) is 5.75 Å². The van der Waals surface area contributed by atoms with Gasteiger partial charge >= 0.3 is 5.97 Å². The van der Waals surface area contributed by atoms with E-state index in [0.29, 0.717) is 28.6 Å². The summed E-state index contributed by atoms with van der Waals surface area (Å²) >= 11 is 13.3. The van der Waals surface area contributed by atoms with Gasteiger partial charge in [-0.05, 0) is 49.2 Å².